The number of ether oxygens (including phenoxy) is 1. The molecular formula is C23H38I2O2. The van der Waals surface area contributed by atoms with Crippen LogP contribution in [-0.4, -0.2) is 12.8 Å². The first-order valence-corrected chi connectivity index (χ1v) is 13.2. The third-order valence-electron chi connectivity index (χ3n) is 6.31. The summed E-state index contributed by atoms with van der Waals surface area (Å²) in [7, 11) is 0. The van der Waals surface area contributed by atoms with Gasteiger partial charge in [-0.3, -0.25) is 0 Å². The molecule has 1 aliphatic carbocycles. The van der Waals surface area contributed by atoms with Gasteiger partial charge in [0.25, 0.3) is 0 Å². The Kier molecular flexibility index (Phi) is 10.5. The van der Waals surface area contributed by atoms with Crippen molar-refractivity contribution in [1.29, 1.82) is 0 Å². The third kappa shape index (κ3) is 7.47. The fourth-order valence-corrected chi connectivity index (χ4v) is 5.71. The van der Waals surface area contributed by atoms with Crippen molar-refractivity contribution in [3.8, 4) is 0 Å². The average Bonchev–Trinajstić information content (AvgIpc) is 2.77. The second-order valence-corrected chi connectivity index (χ2v) is 13.8. The molecule has 1 N–H and O–H groups in total. The minimum atomic E-state index is -0.298. The van der Waals surface area contributed by atoms with E-state index >= 15 is 0 Å². The maximum atomic E-state index is 10.8. The molecule has 3 atom stereocenters. The number of aliphatic hydroxyl groups excluding tert-OH is 1. The van der Waals surface area contributed by atoms with Crippen LogP contribution in [0.2, 0.25) is 0 Å². The van der Waals surface area contributed by atoms with Gasteiger partial charge in [-0.2, -0.15) is 0 Å². The molecule has 4 heteroatoms. The quantitative estimate of drug-likeness (QED) is 0.126. The normalized spacial score (nSPS) is 28.5. The highest BCUT2D eigenvalue weighted by Gasteiger charge is 2.43. The van der Waals surface area contributed by atoms with Crippen molar-refractivity contribution >= 4 is 45.2 Å². The Morgan fingerprint density at radius 3 is 2.59 bits per heavy atom. The van der Waals surface area contributed by atoms with Crippen LogP contribution in [0.25, 0.3) is 0 Å². The summed E-state index contributed by atoms with van der Waals surface area (Å²) < 4.78 is 6.35. The van der Waals surface area contributed by atoms with Crippen LogP contribution in [-0.2, 0) is 4.74 Å². The Morgan fingerprint density at radius 2 is 1.89 bits per heavy atom. The predicted molar refractivity (Wildman–Crippen MR) is 132 cm³/mol. The van der Waals surface area contributed by atoms with Crippen LogP contribution < -0.4 is 0 Å². The van der Waals surface area contributed by atoms with Gasteiger partial charge in [-0.05, 0) is 95.7 Å². The molecule has 0 saturated heterocycles. The number of hydrogen-bond donors (Lipinski definition) is 1. The van der Waals surface area contributed by atoms with Crippen molar-refractivity contribution < 1.29 is 9.84 Å². The van der Waals surface area contributed by atoms with E-state index in [4.69, 9.17) is 4.74 Å². The lowest BCUT2D eigenvalue weighted by molar-refractivity contribution is 0.0862. The molecule has 0 amide bonds. The molecule has 0 bridgehead atoms. The minimum absolute atomic E-state index is 0.200. The van der Waals surface area contributed by atoms with E-state index in [1.165, 1.54) is 49.7 Å². The average molecular weight is 600 g/mol. The van der Waals surface area contributed by atoms with Crippen molar-refractivity contribution in [3.05, 3.63) is 23.0 Å². The molecule has 2 rings (SSSR count). The number of rotatable bonds is 9. The number of aliphatic hydroxyl groups is 1. The van der Waals surface area contributed by atoms with E-state index < -0.39 is 0 Å². The van der Waals surface area contributed by atoms with E-state index in [9.17, 15) is 5.11 Å². The van der Waals surface area contributed by atoms with E-state index in [0.29, 0.717) is 11.8 Å². The fraction of sp³-hybridized carbons (Fsp3) is 0.826. The van der Waals surface area contributed by atoms with E-state index in [0.717, 1.165) is 44.3 Å². The topological polar surface area (TPSA) is 29.5 Å². The molecule has 1 heterocycles. The molecule has 0 aromatic carbocycles. The van der Waals surface area contributed by atoms with Crippen LogP contribution in [0.3, 0.4) is 0 Å². The van der Waals surface area contributed by atoms with Crippen molar-refractivity contribution in [2.45, 2.75) is 106 Å². The van der Waals surface area contributed by atoms with Gasteiger partial charge in [0, 0.05) is 12.3 Å². The van der Waals surface area contributed by atoms with Gasteiger partial charge in [0.1, 0.15) is 5.76 Å². The highest BCUT2D eigenvalue weighted by molar-refractivity contribution is 14.2. The molecule has 2 unspecified atom stereocenters. The maximum Gasteiger partial charge on any atom is 0.211 e. The van der Waals surface area contributed by atoms with Crippen molar-refractivity contribution in [2.24, 2.45) is 11.8 Å². The summed E-state index contributed by atoms with van der Waals surface area (Å²) in [6, 6.07) is 0. The molecule has 156 valence electrons. The molecule has 0 aromatic rings. The molecule has 0 saturated carbocycles. The van der Waals surface area contributed by atoms with Crippen LogP contribution >= 0.6 is 45.2 Å². The van der Waals surface area contributed by atoms with Gasteiger partial charge in [0.05, 0.1) is 6.10 Å². The zero-order chi connectivity index (χ0) is 19.9. The number of halogens is 2. The highest BCUT2D eigenvalue weighted by Crippen LogP contribution is 2.51. The maximum absolute atomic E-state index is 10.8. The standard InChI is InChI=1S/C23H38I2O2/c1-4-6-7-8-9-10-18-12-14-21(26)20-16-19(13-11-17(3)5-2)23(24,25)27-22(20)15-18/h11,18-19,21,26H,4-10,12-16H2,1-3H3/b17-11+/t18?,19-,21?/m1/s1. The number of alkyl halides is 2. The Bertz CT molecular complexity index is 524. The molecule has 2 aliphatic rings. The van der Waals surface area contributed by atoms with Crippen molar-refractivity contribution in [2.75, 3.05) is 0 Å². The van der Waals surface area contributed by atoms with Crippen LogP contribution in [0.15, 0.2) is 23.0 Å². The second kappa shape index (κ2) is 11.8. The van der Waals surface area contributed by atoms with E-state index in [-0.39, 0.29) is 7.72 Å². The molecule has 0 fully saturated rings. The lowest BCUT2D eigenvalue weighted by Gasteiger charge is -2.39. The summed E-state index contributed by atoms with van der Waals surface area (Å²) in [5, 5.41) is 10.8. The van der Waals surface area contributed by atoms with Crippen molar-refractivity contribution in [3.63, 3.8) is 0 Å². The second-order valence-electron chi connectivity index (χ2n) is 8.52. The lowest BCUT2D eigenvalue weighted by atomic mass is 9.89. The Morgan fingerprint density at radius 1 is 1.15 bits per heavy atom. The van der Waals surface area contributed by atoms with Gasteiger partial charge in [0.15, 0.2) is 0 Å². The summed E-state index contributed by atoms with van der Waals surface area (Å²) in [4.78, 5) is 0. The van der Waals surface area contributed by atoms with E-state index in [1.807, 2.05) is 0 Å². The summed E-state index contributed by atoms with van der Waals surface area (Å²) >= 11 is 4.98. The van der Waals surface area contributed by atoms with Gasteiger partial charge in [-0.15, -0.1) is 0 Å². The van der Waals surface area contributed by atoms with Gasteiger partial charge < -0.3 is 9.84 Å². The Labute approximate surface area is 194 Å². The van der Waals surface area contributed by atoms with Gasteiger partial charge in [-0.25, -0.2) is 0 Å². The molecule has 0 spiro atoms. The molecule has 27 heavy (non-hydrogen) atoms. The summed E-state index contributed by atoms with van der Waals surface area (Å²) in [5.74, 6) is 2.23. The predicted octanol–water partition coefficient (Wildman–Crippen LogP) is 8.07. The first kappa shape index (κ1) is 24.0. The van der Waals surface area contributed by atoms with E-state index in [2.05, 4.69) is 72.0 Å². The summed E-state index contributed by atoms with van der Waals surface area (Å²) in [6.45, 7) is 6.69. The molecular weight excluding hydrogens is 562 g/mol. The van der Waals surface area contributed by atoms with E-state index in [1.54, 1.807) is 0 Å². The lowest BCUT2D eigenvalue weighted by Crippen LogP contribution is -2.34. The fourth-order valence-electron chi connectivity index (χ4n) is 4.23. The summed E-state index contributed by atoms with van der Waals surface area (Å²) in [5.41, 5.74) is 2.66. The largest absolute Gasteiger partial charge is 0.472 e. The zero-order valence-corrected chi connectivity index (χ0v) is 21.7. The molecule has 2 nitrogen and oxygen atoms in total. The molecule has 0 radical (unpaired) electrons. The number of allylic oxidation sites excluding steroid dienone is 3. The first-order valence-electron chi connectivity index (χ1n) is 11.0. The Hall–Kier alpha value is 0.700. The van der Waals surface area contributed by atoms with Crippen LogP contribution in [0.4, 0.5) is 0 Å². The molecule has 0 aromatic heterocycles. The van der Waals surface area contributed by atoms with Crippen molar-refractivity contribution in [1.82, 2.24) is 0 Å². The van der Waals surface area contributed by atoms with Crippen LogP contribution in [0.1, 0.15) is 97.8 Å². The van der Waals surface area contributed by atoms with Gasteiger partial charge in [0.2, 0.25) is 1.61 Å². The smallest absolute Gasteiger partial charge is 0.211 e. The SMILES string of the molecule is CCCCCCCC1CCC(O)C2=C(C1)OC(I)(I)[C@H](C/C=C(\C)CC)C2. The summed E-state index contributed by atoms with van der Waals surface area (Å²) in [6.07, 6.45) is 16.3. The Balaban J connectivity index is 2.01. The van der Waals surface area contributed by atoms with Crippen LogP contribution in [0, 0.1) is 11.8 Å². The highest BCUT2D eigenvalue weighted by atomic mass is 127. The van der Waals surface area contributed by atoms with Gasteiger partial charge in [-0.1, -0.05) is 64.0 Å². The monoisotopic (exact) mass is 600 g/mol. The number of unbranched alkanes of at least 4 members (excludes halogenated alkanes) is 4. The molecule has 1 aliphatic heterocycles. The van der Waals surface area contributed by atoms with Gasteiger partial charge >= 0.3 is 0 Å². The minimum Gasteiger partial charge on any atom is -0.472 e. The first-order chi connectivity index (χ1) is 12.9. The van der Waals surface area contributed by atoms with Crippen LogP contribution in [0.5, 0.6) is 0 Å². The number of hydrogen-bond acceptors (Lipinski definition) is 2. The third-order valence-corrected chi connectivity index (χ3v) is 8.51. The zero-order valence-electron chi connectivity index (χ0n) is 17.4.